The molecule has 1 atom stereocenters. The molecule has 0 bridgehead atoms. The van der Waals surface area contributed by atoms with E-state index in [1.54, 1.807) is 0 Å². The van der Waals surface area contributed by atoms with Gasteiger partial charge >= 0.3 is 0 Å². The van der Waals surface area contributed by atoms with E-state index in [4.69, 9.17) is 4.74 Å². The van der Waals surface area contributed by atoms with Crippen LogP contribution in [0.4, 0.5) is 0 Å². The first-order chi connectivity index (χ1) is 7.58. The Morgan fingerprint density at radius 2 is 2.12 bits per heavy atom. The standard InChI is InChI=1S/C12H13Br2NO/c1-7(2)11-6-16-12(15-11)9-5-8(13)3-4-10(9)14/h3-5,7,11H,6H2,1-2H3. The van der Waals surface area contributed by atoms with Crippen molar-refractivity contribution in [2.24, 2.45) is 10.9 Å². The van der Waals surface area contributed by atoms with E-state index < -0.39 is 0 Å². The van der Waals surface area contributed by atoms with Crippen LogP contribution < -0.4 is 0 Å². The maximum atomic E-state index is 5.65. The number of halogens is 2. The van der Waals surface area contributed by atoms with Crippen LogP contribution in [0.25, 0.3) is 0 Å². The SMILES string of the molecule is CC(C)C1COC(c2cc(Br)ccc2Br)=N1. The second-order valence-electron chi connectivity index (χ2n) is 4.18. The van der Waals surface area contributed by atoms with Gasteiger partial charge in [0.2, 0.25) is 5.90 Å². The summed E-state index contributed by atoms with van der Waals surface area (Å²) in [4.78, 5) is 4.60. The third-order valence-electron chi connectivity index (χ3n) is 2.60. The number of hydrogen-bond donors (Lipinski definition) is 0. The van der Waals surface area contributed by atoms with E-state index in [2.05, 4.69) is 50.7 Å². The molecule has 0 aliphatic carbocycles. The topological polar surface area (TPSA) is 21.6 Å². The lowest BCUT2D eigenvalue weighted by Crippen LogP contribution is -2.13. The van der Waals surface area contributed by atoms with Crippen LogP contribution in [-0.4, -0.2) is 18.5 Å². The van der Waals surface area contributed by atoms with Crippen molar-refractivity contribution in [3.05, 3.63) is 32.7 Å². The van der Waals surface area contributed by atoms with Gasteiger partial charge in [0.25, 0.3) is 0 Å². The lowest BCUT2D eigenvalue weighted by molar-refractivity contribution is 0.292. The maximum Gasteiger partial charge on any atom is 0.217 e. The van der Waals surface area contributed by atoms with Crippen LogP contribution >= 0.6 is 31.9 Å². The van der Waals surface area contributed by atoms with E-state index in [0.29, 0.717) is 12.5 Å². The highest BCUT2D eigenvalue weighted by Crippen LogP contribution is 2.26. The molecule has 0 saturated carbocycles. The lowest BCUT2D eigenvalue weighted by atomic mass is 10.1. The minimum atomic E-state index is 0.279. The molecule has 0 amide bonds. The Labute approximate surface area is 112 Å². The molecule has 1 unspecified atom stereocenters. The predicted octanol–water partition coefficient (Wildman–Crippen LogP) is 4.01. The van der Waals surface area contributed by atoms with E-state index in [0.717, 1.165) is 20.4 Å². The summed E-state index contributed by atoms with van der Waals surface area (Å²) in [6.45, 7) is 5.01. The zero-order valence-corrected chi connectivity index (χ0v) is 12.4. The first kappa shape index (κ1) is 12.1. The molecular weight excluding hydrogens is 334 g/mol. The van der Waals surface area contributed by atoms with Gasteiger partial charge < -0.3 is 4.74 Å². The van der Waals surface area contributed by atoms with E-state index in [9.17, 15) is 0 Å². The maximum absolute atomic E-state index is 5.65. The molecule has 0 fully saturated rings. The fourth-order valence-corrected chi connectivity index (χ4v) is 2.32. The summed E-state index contributed by atoms with van der Waals surface area (Å²) in [7, 11) is 0. The quantitative estimate of drug-likeness (QED) is 0.792. The second-order valence-corrected chi connectivity index (χ2v) is 5.95. The fraction of sp³-hybridized carbons (Fsp3) is 0.417. The number of hydrogen-bond acceptors (Lipinski definition) is 2. The molecular formula is C12H13Br2NO. The fourth-order valence-electron chi connectivity index (χ4n) is 1.54. The summed E-state index contributed by atoms with van der Waals surface area (Å²) in [5.41, 5.74) is 1.01. The molecule has 16 heavy (non-hydrogen) atoms. The third-order valence-corrected chi connectivity index (χ3v) is 3.79. The predicted molar refractivity (Wildman–Crippen MR) is 73.0 cm³/mol. The molecule has 0 spiro atoms. The Morgan fingerprint density at radius 3 is 2.75 bits per heavy atom. The van der Waals surface area contributed by atoms with Gasteiger partial charge in [0.05, 0.1) is 11.6 Å². The third kappa shape index (κ3) is 2.48. The Bertz CT molecular complexity index is 429. The summed E-state index contributed by atoms with van der Waals surface area (Å²) in [5, 5.41) is 0. The largest absolute Gasteiger partial charge is 0.475 e. The molecule has 0 saturated heterocycles. The first-order valence-electron chi connectivity index (χ1n) is 5.24. The van der Waals surface area contributed by atoms with Gasteiger partial charge in [-0.2, -0.15) is 0 Å². The molecule has 1 aromatic rings. The van der Waals surface area contributed by atoms with Crippen molar-refractivity contribution in [3.8, 4) is 0 Å². The van der Waals surface area contributed by atoms with Gasteiger partial charge in [-0.3, -0.25) is 0 Å². The van der Waals surface area contributed by atoms with Crippen LogP contribution in [0.15, 0.2) is 32.1 Å². The second kappa shape index (κ2) is 4.88. The van der Waals surface area contributed by atoms with E-state index in [1.165, 1.54) is 0 Å². The first-order valence-corrected chi connectivity index (χ1v) is 6.82. The molecule has 0 aromatic heterocycles. The number of nitrogens with zero attached hydrogens (tertiary/aromatic N) is 1. The minimum absolute atomic E-state index is 0.279. The minimum Gasteiger partial charge on any atom is -0.475 e. The molecule has 86 valence electrons. The van der Waals surface area contributed by atoms with E-state index in [-0.39, 0.29) is 6.04 Å². The van der Waals surface area contributed by atoms with Crippen LogP contribution in [0.2, 0.25) is 0 Å². The number of aliphatic imine (C=N–C) groups is 1. The van der Waals surface area contributed by atoms with Crippen molar-refractivity contribution in [1.82, 2.24) is 0 Å². The number of benzene rings is 1. The van der Waals surface area contributed by atoms with Gasteiger partial charge in [0.1, 0.15) is 6.61 Å². The molecule has 4 heteroatoms. The molecule has 1 aliphatic heterocycles. The van der Waals surface area contributed by atoms with Crippen LogP contribution in [0.1, 0.15) is 19.4 Å². The molecule has 1 aromatic carbocycles. The van der Waals surface area contributed by atoms with Crippen molar-refractivity contribution < 1.29 is 4.74 Å². The van der Waals surface area contributed by atoms with Crippen molar-refractivity contribution in [2.45, 2.75) is 19.9 Å². The van der Waals surface area contributed by atoms with Crippen molar-refractivity contribution >= 4 is 37.8 Å². The Hall–Kier alpha value is -0.350. The van der Waals surface area contributed by atoms with Crippen LogP contribution in [0, 0.1) is 5.92 Å². The normalized spacial score (nSPS) is 19.8. The smallest absolute Gasteiger partial charge is 0.217 e. The van der Waals surface area contributed by atoms with Gasteiger partial charge in [-0.05, 0) is 40.0 Å². The summed E-state index contributed by atoms with van der Waals surface area (Å²) >= 11 is 6.97. The highest BCUT2D eigenvalue weighted by molar-refractivity contribution is 9.11. The monoisotopic (exact) mass is 345 g/mol. The van der Waals surface area contributed by atoms with Gasteiger partial charge in [-0.1, -0.05) is 29.8 Å². The molecule has 1 heterocycles. The Morgan fingerprint density at radius 1 is 1.38 bits per heavy atom. The summed E-state index contributed by atoms with van der Waals surface area (Å²) in [6, 6.07) is 6.28. The lowest BCUT2D eigenvalue weighted by Gasteiger charge is -2.06. The highest BCUT2D eigenvalue weighted by Gasteiger charge is 2.23. The zero-order valence-electron chi connectivity index (χ0n) is 9.21. The molecule has 2 rings (SSSR count). The van der Waals surface area contributed by atoms with E-state index in [1.807, 2.05) is 18.2 Å². The van der Waals surface area contributed by atoms with Gasteiger partial charge in [0, 0.05) is 8.95 Å². The van der Waals surface area contributed by atoms with E-state index >= 15 is 0 Å². The van der Waals surface area contributed by atoms with Crippen LogP contribution in [0.3, 0.4) is 0 Å². The highest BCUT2D eigenvalue weighted by atomic mass is 79.9. The average molecular weight is 347 g/mol. The molecule has 1 aliphatic rings. The van der Waals surface area contributed by atoms with Crippen molar-refractivity contribution in [3.63, 3.8) is 0 Å². The van der Waals surface area contributed by atoms with Crippen molar-refractivity contribution in [2.75, 3.05) is 6.61 Å². The summed E-state index contributed by atoms with van der Waals surface area (Å²) < 4.78 is 7.69. The molecule has 0 radical (unpaired) electrons. The zero-order chi connectivity index (χ0) is 11.7. The van der Waals surface area contributed by atoms with Crippen molar-refractivity contribution in [1.29, 1.82) is 0 Å². The molecule has 0 N–H and O–H groups in total. The van der Waals surface area contributed by atoms with Crippen LogP contribution in [0.5, 0.6) is 0 Å². The van der Waals surface area contributed by atoms with Gasteiger partial charge in [0.15, 0.2) is 0 Å². The van der Waals surface area contributed by atoms with Gasteiger partial charge in [-0.25, -0.2) is 4.99 Å². The summed E-state index contributed by atoms with van der Waals surface area (Å²) in [5.74, 6) is 1.26. The average Bonchev–Trinajstić information content (AvgIpc) is 2.70. The summed E-state index contributed by atoms with van der Waals surface area (Å²) in [6.07, 6.45) is 0. The Balaban J connectivity index is 2.32. The number of rotatable bonds is 2. The Kier molecular flexibility index (Phi) is 3.70. The van der Waals surface area contributed by atoms with Gasteiger partial charge in [-0.15, -0.1) is 0 Å². The van der Waals surface area contributed by atoms with Crippen LogP contribution in [-0.2, 0) is 4.74 Å². The number of ether oxygens (including phenoxy) is 1. The molecule has 2 nitrogen and oxygen atoms in total.